The van der Waals surface area contributed by atoms with Gasteiger partial charge in [0.05, 0.1) is 11.2 Å². The van der Waals surface area contributed by atoms with Crippen LogP contribution in [0.25, 0.3) is 0 Å². The van der Waals surface area contributed by atoms with Gasteiger partial charge in [-0.2, -0.15) is 8.61 Å². The molecule has 0 spiro atoms. The van der Waals surface area contributed by atoms with Crippen LogP contribution in [0.5, 0.6) is 0 Å². The molecule has 1 N–H and O–H groups in total. The topological polar surface area (TPSA) is 107 Å². The summed E-state index contributed by atoms with van der Waals surface area (Å²) in [5, 5.41) is 2.85. The normalized spacial score (nSPS) is 19.0. The molecule has 2 aromatic carbocycles. The Morgan fingerprint density at radius 1 is 0.806 bits per heavy atom. The molecule has 0 aliphatic carbocycles. The molecule has 2 aromatic rings. The zero-order valence-corrected chi connectivity index (χ0v) is 22.2. The molecule has 1 amide bonds. The number of benzene rings is 2. The maximum atomic E-state index is 13.0. The summed E-state index contributed by atoms with van der Waals surface area (Å²) in [6.45, 7) is 3.91. The maximum absolute atomic E-state index is 13.0. The summed E-state index contributed by atoms with van der Waals surface area (Å²) in [6, 6.07) is 13.7. The summed E-state index contributed by atoms with van der Waals surface area (Å²) in [5.41, 5.74) is 2.00. The fourth-order valence-corrected chi connectivity index (χ4v) is 6.98. The molecule has 9 nitrogen and oxygen atoms in total. The van der Waals surface area contributed by atoms with Crippen molar-refractivity contribution >= 4 is 31.6 Å². The zero-order chi connectivity index (χ0) is 25.8. The molecule has 0 radical (unpaired) electrons. The second kappa shape index (κ2) is 11.4. The number of sulfonamides is 2. The molecule has 0 unspecified atom stereocenters. The van der Waals surface area contributed by atoms with Crippen LogP contribution in [-0.4, -0.2) is 81.8 Å². The fourth-order valence-electron chi connectivity index (χ4n) is 4.63. The largest absolute Gasteiger partial charge is 0.322 e. The minimum Gasteiger partial charge on any atom is -0.322 e. The minimum atomic E-state index is -3.53. The van der Waals surface area contributed by atoms with Crippen LogP contribution in [-0.2, 0) is 26.6 Å². The van der Waals surface area contributed by atoms with Gasteiger partial charge in [0.15, 0.2) is 0 Å². The SMILES string of the molecule is CS(=O)(=O)N1CCN(Cc2cccc(C(=O)Nc3ccc(S(=O)(=O)N4CCCCCC4)cc3)c2)CC1. The summed E-state index contributed by atoms with van der Waals surface area (Å²) in [4.78, 5) is 15.3. The Bertz CT molecular complexity index is 1260. The number of piperazine rings is 1. The minimum absolute atomic E-state index is 0.236. The van der Waals surface area contributed by atoms with Gasteiger partial charge in [-0.25, -0.2) is 16.8 Å². The molecule has 4 rings (SSSR count). The standard InChI is InChI=1S/C25H34N4O5S2/c1-35(31,32)28-17-15-27(16-18-28)20-21-7-6-8-22(19-21)25(30)26-23-9-11-24(12-10-23)36(33,34)29-13-4-2-3-5-14-29/h6-12,19H,2-5,13-18,20H2,1H3,(H,26,30). The number of hydrogen-bond acceptors (Lipinski definition) is 6. The molecule has 36 heavy (non-hydrogen) atoms. The maximum Gasteiger partial charge on any atom is 0.255 e. The number of anilines is 1. The number of rotatable bonds is 7. The van der Waals surface area contributed by atoms with Crippen LogP contribution in [0.4, 0.5) is 5.69 Å². The molecule has 2 aliphatic heterocycles. The van der Waals surface area contributed by atoms with Crippen molar-refractivity contribution < 1.29 is 21.6 Å². The Hall–Kier alpha value is -2.31. The summed E-state index contributed by atoms with van der Waals surface area (Å²) in [5.74, 6) is -0.276. The molecule has 11 heteroatoms. The van der Waals surface area contributed by atoms with Crippen molar-refractivity contribution in [3.63, 3.8) is 0 Å². The third-order valence-electron chi connectivity index (χ3n) is 6.71. The number of hydrogen-bond donors (Lipinski definition) is 1. The summed E-state index contributed by atoms with van der Waals surface area (Å²) >= 11 is 0. The number of carbonyl (C=O) groups excluding carboxylic acids is 1. The highest BCUT2D eigenvalue weighted by Crippen LogP contribution is 2.22. The van der Waals surface area contributed by atoms with E-state index in [0.717, 1.165) is 31.2 Å². The van der Waals surface area contributed by atoms with E-state index in [-0.39, 0.29) is 10.8 Å². The lowest BCUT2D eigenvalue weighted by atomic mass is 10.1. The molecule has 0 aromatic heterocycles. The average molecular weight is 535 g/mol. The van der Waals surface area contributed by atoms with Crippen molar-refractivity contribution in [3.8, 4) is 0 Å². The van der Waals surface area contributed by atoms with Gasteiger partial charge in [0.2, 0.25) is 20.0 Å². The third kappa shape index (κ3) is 6.71. The lowest BCUT2D eigenvalue weighted by Gasteiger charge is -2.33. The predicted molar refractivity (Wildman–Crippen MR) is 140 cm³/mol. The van der Waals surface area contributed by atoms with Crippen LogP contribution in [0.15, 0.2) is 53.4 Å². The van der Waals surface area contributed by atoms with E-state index < -0.39 is 20.0 Å². The van der Waals surface area contributed by atoms with Gasteiger partial charge in [0.1, 0.15) is 0 Å². The fraction of sp³-hybridized carbons (Fsp3) is 0.480. The van der Waals surface area contributed by atoms with Crippen molar-refractivity contribution in [1.29, 1.82) is 0 Å². The van der Waals surface area contributed by atoms with Crippen molar-refractivity contribution in [2.45, 2.75) is 37.1 Å². The van der Waals surface area contributed by atoms with E-state index in [1.54, 1.807) is 34.6 Å². The summed E-state index contributed by atoms with van der Waals surface area (Å²) < 4.78 is 52.4. The van der Waals surface area contributed by atoms with Gasteiger partial charge in [-0.3, -0.25) is 9.69 Å². The van der Waals surface area contributed by atoms with E-state index in [4.69, 9.17) is 0 Å². The Labute approximate surface area is 214 Å². The monoisotopic (exact) mass is 534 g/mol. The highest BCUT2D eigenvalue weighted by Gasteiger charge is 2.25. The number of nitrogens with one attached hydrogen (secondary N) is 1. The van der Waals surface area contributed by atoms with Crippen LogP contribution >= 0.6 is 0 Å². The zero-order valence-electron chi connectivity index (χ0n) is 20.6. The smallest absolute Gasteiger partial charge is 0.255 e. The van der Waals surface area contributed by atoms with Crippen LogP contribution in [0, 0.1) is 0 Å². The van der Waals surface area contributed by atoms with E-state index in [0.29, 0.717) is 57.1 Å². The van der Waals surface area contributed by atoms with Crippen molar-refractivity contribution in [2.75, 3.05) is 50.8 Å². The van der Waals surface area contributed by atoms with Crippen LogP contribution in [0.1, 0.15) is 41.6 Å². The highest BCUT2D eigenvalue weighted by atomic mass is 32.2. The van der Waals surface area contributed by atoms with Crippen molar-refractivity contribution in [1.82, 2.24) is 13.5 Å². The molecular weight excluding hydrogens is 500 g/mol. The Morgan fingerprint density at radius 3 is 2.06 bits per heavy atom. The molecule has 2 saturated heterocycles. The van der Waals surface area contributed by atoms with Gasteiger partial charge >= 0.3 is 0 Å². The van der Waals surface area contributed by atoms with Gasteiger partial charge < -0.3 is 5.32 Å². The first-order valence-corrected chi connectivity index (χ1v) is 15.6. The van der Waals surface area contributed by atoms with Crippen LogP contribution in [0.3, 0.4) is 0 Å². The van der Waals surface area contributed by atoms with Gasteiger partial charge in [0, 0.05) is 57.1 Å². The van der Waals surface area contributed by atoms with Gasteiger partial charge in [-0.1, -0.05) is 25.0 Å². The molecule has 196 valence electrons. The summed E-state index contributed by atoms with van der Waals surface area (Å²) in [6.07, 6.45) is 5.09. The molecule has 0 bridgehead atoms. The van der Waals surface area contributed by atoms with E-state index >= 15 is 0 Å². The molecule has 2 fully saturated rings. The second-order valence-electron chi connectivity index (χ2n) is 9.44. The number of carbonyl (C=O) groups is 1. The highest BCUT2D eigenvalue weighted by molar-refractivity contribution is 7.89. The molecule has 2 aliphatic rings. The Morgan fingerprint density at radius 2 is 1.44 bits per heavy atom. The van der Waals surface area contributed by atoms with Gasteiger partial charge in [-0.15, -0.1) is 0 Å². The third-order valence-corrected chi connectivity index (χ3v) is 9.93. The molecule has 0 atom stereocenters. The second-order valence-corrected chi connectivity index (χ2v) is 13.4. The quantitative estimate of drug-likeness (QED) is 0.585. The van der Waals surface area contributed by atoms with Gasteiger partial charge in [-0.05, 0) is 54.8 Å². The van der Waals surface area contributed by atoms with E-state index in [1.165, 1.54) is 10.6 Å². The first-order valence-electron chi connectivity index (χ1n) is 12.3. The first-order chi connectivity index (χ1) is 17.1. The Balaban J connectivity index is 1.36. The first kappa shape index (κ1) is 26.7. The van der Waals surface area contributed by atoms with E-state index in [2.05, 4.69) is 10.2 Å². The summed E-state index contributed by atoms with van der Waals surface area (Å²) in [7, 11) is -6.70. The van der Waals surface area contributed by atoms with Crippen molar-refractivity contribution in [3.05, 3.63) is 59.7 Å². The lowest BCUT2D eigenvalue weighted by molar-refractivity contribution is 0.102. The number of nitrogens with zero attached hydrogens (tertiary/aromatic N) is 3. The van der Waals surface area contributed by atoms with Crippen molar-refractivity contribution in [2.24, 2.45) is 0 Å². The molecular formula is C25H34N4O5S2. The van der Waals surface area contributed by atoms with Gasteiger partial charge in [0.25, 0.3) is 5.91 Å². The van der Waals surface area contributed by atoms with E-state index in [9.17, 15) is 21.6 Å². The van der Waals surface area contributed by atoms with Crippen LogP contribution < -0.4 is 5.32 Å². The average Bonchev–Trinajstić information content (AvgIpc) is 3.15. The molecule has 2 heterocycles. The molecule has 0 saturated carbocycles. The lowest BCUT2D eigenvalue weighted by Crippen LogP contribution is -2.47. The Kier molecular flexibility index (Phi) is 8.46. The van der Waals surface area contributed by atoms with Crippen LogP contribution in [0.2, 0.25) is 0 Å². The predicted octanol–water partition coefficient (Wildman–Crippen LogP) is 2.58. The number of amides is 1. The van der Waals surface area contributed by atoms with E-state index in [1.807, 2.05) is 18.2 Å².